The van der Waals surface area contributed by atoms with Gasteiger partial charge in [-0.2, -0.15) is 0 Å². The average molecular weight is 227 g/mol. The van der Waals surface area contributed by atoms with Crippen LogP contribution in [0, 0.1) is 0 Å². The van der Waals surface area contributed by atoms with Crippen LogP contribution in [0.25, 0.3) is 0 Å². The van der Waals surface area contributed by atoms with Gasteiger partial charge in [-0.3, -0.25) is 9.78 Å². The lowest BCUT2D eigenvalue weighted by Gasteiger charge is -2.05. The highest BCUT2D eigenvalue weighted by molar-refractivity contribution is 6.11. The number of carbonyl (C=O) groups excluding carboxylic acids is 1. The number of benzene rings is 1. The number of phenols is 1. The Bertz CT molecular complexity index is 607. The molecule has 0 atom stereocenters. The van der Waals surface area contributed by atoms with Gasteiger partial charge in [-0.25, -0.2) is 0 Å². The highest BCUT2D eigenvalue weighted by atomic mass is 16.5. The maximum atomic E-state index is 12.2. The summed E-state index contributed by atoms with van der Waals surface area (Å²) in [5.74, 6) is 0.357. The first-order valence-corrected chi connectivity index (χ1v) is 5.20. The summed E-state index contributed by atoms with van der Waals surface area (Å²) in [4.78, 5) is 16.4. The van der Waals surface area contributed by atoms with Crippen LogP contribution < -0.4 is 4.74 Å². The summed E-state index contributed by atoms with van der Waals surface area (Å²) in [7, 11) is 0. The van der Waals surface area contributed by atoms with E-state index < -0.39 is 0 Å². The number of aromatic hydroxyl groups is 1. The zero-order valence-electron chi connectivity index (χ0n) is 8.88. The minimum atomic E-state index is -0.170. The molecule has 1 aliphatic heterocycles. The Morgan fingerprint density at radius 1 is 1.24 bits per heavy atom. The molecule has 0 saturated carbocycles. The van der Waals surface area contributed by atoms with Crippen LogP contribution in [-0.2, 0) is 6.61 Å². The van der Waals surface area contributed by atoms with Crippen molar-refractivity contribution in [1.82, 2.24) is 4.98 Å². The number of aromatic nitrogens is 1. The van der Waals surface area contributed by atoms with Crippen molar-refractivity contribution in [2.24, 2.45) is 0 Å². The van der Waals surface area contributed by atoms with E-state index in [1.54, 1.807) is 24.4 Å². The monoisotopic (exact) mass is 227 g/mol. The van der Waals surface area contributed by atoms with Gasteiger partial charge >= 0.3 is 0 Å². The summed E-state index contributed by atoms with van der Waals surface area (Å²) >= 11 is 0. The Morgan fingerprint density at radius 3 is 3.00 bits per heavy atom. The zero-order valence-corrected chi connectivity index (χ0v) is 8.88. The molecule has 1 aromatic heterocycles. The number of pyridine rings is 1. The van der Waals surface area contributed by atoms with Crippen molar-refractivity contribution in [3.05, 3.63) is 53.3 Å². The first kappa shape index (κ1) is 9.84. The Morgan fingerprint density at radius 2 is 2.12 bits per heavy atom. The molecule has 0 aliphatic carbocycles. The number of carbonyl (C=O) groups is 1. The van der Waals surface area contributed by atoms with E-state index in [9.17, 15) is 9.90 Å². The Labute approximate surface area is 97.5 Å². The Balaban J connectivity index is 2.22. The summed E-state index contributed by atoms with van der Waals surface area (Å²) in [6.45, 7) is 0.264. The number of ketones is 1. The summed E-state index contributed by atoms with van der Waals surface area (Å²) in [6, 6.07) is 7.93. The van der Waals surface area contributed by atoms with Crippen LogP contribution in [-0.4, -0.2) is 15.9 Å². The molecular formula is C13H9NO3. The summed E-state index contributed by atoms with van der Waals surface area (Å²) in [5.41, 5.74) is 1.52. The van der Waals surface area contributed by atoms with E-state index in [2.05, 4.69) is 4.98 Å². The average Bonchev–Trinajstić information content (AvgIpc) is 2.49. The predicted octanol–water partition coefficient (Wildman–Crippen LogP) is 1.91. The number of fused-ring (bicyclic) bond motifs is 2. The molecule has 4 nitrogen and oxygen atoms in total. The van der Waals surface area contributed by atoms with Crippen molar-refractivity contribution in [3.63, 3.8) is 0 Å². The van der Waals surface area contributed by atoms with E-state index in [1.807, 2.05) is 0 Å². The van der Waals surface area contributed by atoms with Crippen LogP contribution >= 0.6 is 0 Å². The molecule has 0 spiro atoms. The molecule has 1 N–H and O–H groups in total. The first-order valence-electron chi connectivity index (χ1n) is 5.20. The molecule has 0 bridgehead atoms. The maximum absolute atomic E-state index is 12.2. The third-order valence-electron chi connectivity index (χ3n) is 2.71. The van der Waals surface area contributed by atoms with Crippen molar-refractivity contribution in [2.75, 3.05) is 0 Å². The smallest absolute Gasteiger partial charge is 0.198 e. The van der Waals surface area contributed by atoms with Gasteiger partial charge in [-0.05, 0) is 30.3 Å². The molecule has 2 heterocycles. The number of ether oxygens (including phenoxy) is 1. The largest absolute Gasteiger partial charge is 0.508 e. The molecule has 1 aliphatic rings. The quantitative estimate of drug-likeness (QED) is 0.746. The molecule has 0 radical (unpaired) electrons. The molecule has 84 valence electrons. The predicted molar refractivity (Wildman–Crippen MR) is 60.1 cm³/mol. The SMILES string of the molecule is O=C1c2cc(O)ccc2OCc2ncccc21. The lowest BCUT2D eigenvalue weighted by molar-refractivity contribution is 0.103. The van der Waals surface area contributed by atoms with Crippen LogP contribution in [0.5, 0.6) is 11.5 Å². The molecule has 17 heavy (non-hydrogen) atoms. The van der Waals surface area contributed by atoms with Crippen LogP contribution in [0.2, 0.25) is 0 Å². The maximum Gasteiger partial charge on any atom is 0.198 e. The summed E-state index contributed by atoms with van der Waals surface area (Å²) in [5, 5.41) is 9.42. The zero-order chi connectivity index (χ0) is 11.8. The Kier molecular flexibility index (Phi) is 2.08. The van der Waals surface area contributed by atoms with Gasteiger partial charge in [0.2, 0.25) is 0 Å². The van der Waals surface area contributed by atoms with Gasteiger partial charge in [0.05, 0.1) is 11.3 Å². The second kappa shape index (κ2) is 3.59. The second-order valence-corrected chi connectivity index (χ2v) is 3.80. The number of phenolic OH excluding ortho intramolecular Hbond substituents is 1. The van der Waals surface area contributed by atoms with Gasteiger partial charge < -0.3 is 9.84 Å². The summed E-state index contributed by atoms with van der Waals surface area (Å²) < 4.78 is 5.51. The van der Waals surface area contributed by atoms with Gasteiger partial charge in [0.15, 0.2) is 5.78 Å². The lowest BCUT2D eigenvalue weighted by Crippen LogP contribution is -2.04. The van der Waals surface area contributed by atoms with Crippen molar-refractivity contribution in [2.45, 2.75) is 6.61 Å². The lowest BCUT2D eigenvalue weighted by atomic mass is 10.0. The Hall–Kier alpha value is -2.36. The van der Waals surface area contributed by atoms with Crippen LogP contribution in [0.3, 0.4) is 0 Å². The first-order chi connectivity index (χ1) is 8.25. The van der Waals surface area contributed by atoms with Crippen molar-refractivity contribution in [3.8, 4) is 11.5 Å². The highest BCUT2D eigenvalue weighted by Crippen LogP contribution is 2.30. The van der Waals surface area contributed by atoms with Gasteiger partial charge in [-0.1, -0.05) is 0 Å². The minimum Gasteiger partial charge on any atom is -0.508 e. The molecule has 0 unspecified atom stereocenters. The van der Waals surface area contributed by atoms with Gasteiger partial charge in [0.1, 0.15) is 18.1 Å². The minimum absolute atomic E-state index is 0.0491. The van der Waals surface area contributed by atoms with Crippen molar-refractivity contribution < 1.29 is 14.6 Å². The molecule has 1 aromatic carbocycles. The van der Waals surface area contributed by atoms with Crippen LogP contribution in [0.15, 0.2) is 36.5 Å². The van der Waals surface area contributed by atoms with E-state index in [-0.39, 0.29) is 18.1 Å². The number of nitrogens with zero attached hydrogens (tertiary/aromatic N) is 1. The standard InChI is InChI=1S/C13H9NO3/c15-8-3-4-12-10(6-8)13(16)9-2-1-5-14-11(9)7-17-12/h1-6,15H,7H2. The summed E-state index contributed by atoms with van der Waals surface area (Å²) in [6.07, 6.45) is 1.63. The molecular weight excluding hydrogens is 218 g/mol. The molecule has 0 fully saturated rings. The third-order valence-corrected chi connectivity index (χ3v) is 2.71. The van der Waals surface area contributed by atoms with Crippen LogP contribution in [0.4, 0.5) is 0 Å². The highest BCUT2D eigenvalue weighted by Gasteiger charge is 2.22. The normalized spacial score (nSPS) is 13.3. The molecule has 2 aromatic rings. The fourth-order valence-corrected chi connectivity index (χ4v) is 1.87. The molecule has 4 heteroatoms. The number of rotatable bonds is 0. The third kappa shape index (κ3) is 1.54. The van der Waals surface area contributed by atoms with E-state index in [0.717, 1.165) is 0 Å². The second-order valence-electron chi connectivity index (χ2n) is 3.80. The fraction of sp³-hybridized carbons (Fsp3) is 0.0769. The number of hydrogen-bond donors (Lipinski definition) is 1. The molecule has 3 rings (SSSR count). The van der Waals surface area contributed by atoms with Crippen LogP contribution in [0.1, 0.15) is 21.6 Å². The molecule has 0 amide bonds. The van der Waals surface area contributed by atoms with E-state index in [0.29, 0.717) is 22.6 Å². The van der Waals surface area contributed by atoms with Gasteiger partial charge in [0, 0.05) is 11.8 Å². The van der Waals surface area contributed by atoms with Gasteiger partial charge in [-0.15, -0.1) is 0 Å². The van der Waals surface area contributed by atoms with E-state index in [4.69, 9.17) is 4.74 Å². The van der Waals surface area contributed by atoms with Crippen molar-refractivity contribution >= 4 is 5.78 Å². The van der Waals surface area contributed by atoms with E-state index in [1.165, 1.54) is 12.1 Å². The molecule has 0 saturated heterocycles. The van der Waals surface area contributed by atoms with Gasteiger partial charge in [0.25, 0.3) is 0 Å². The topological polar surface area (TPSA) is 59.4 Å². The number of hydrogen-bond acceptors (Lipinski definition) is 4. The van der Waals surface area contributed by atoms with Crippen molar-refractivity contribution in [1.29, 1.82) is 0 Å². The fourth-order valence-electron chi connectivity index (χ4n) is 1.87. The van der Waals surface area contributed by atoms with E-state index >= 15 is 0 Å².